The first kappa shape index (κ1) is 14.4. The Bertz CT molecular complexity index is 562. The summed E-state index contributed by atoms with van der Waals surface area (Å²) in [4.78, 5) is 3.97. The topological polar surface area (TPSA) is 42.7 Å². The number of aromatic nitrogens is 3. The summed E-state index contributed by atoms with van der Waals surface area (Å²) in [6.07, 6.45) is 4.59. The number of nitrogens with zero attached hydrogens (tertiary/aromatic N) is 3. The molecule has 2 aromatic rings. The summed E-state index contributed by atoms with van der Waals surface area (Å²) < 4.78 is 1.84. The van der Waals surface area contributed by atoms with Gasteiger partial charge in [0.05, 0.1) is 6.54 Å². The molecule has 1 aliphatic heterocycles. The summed E-state index contributed by atoms with van der Waals surface area (Å²) >= 11 is 2.05. The molecule has 5 heteroatoms. The van der Waals surface area contributed by atoms with Crippen LogP contribution in [0.3, 0.4) is 0 Å². The van der Waals surface area contributed by atoms with E-state index in [0.717, 1.165) is 6.54 Å². The molecule has 1 aromatic carbocycles. The first-order valence-electron chi connectivity index (χ1n) is 7.39. The van der Waals surface area contributed by atoms with Gasteiger partial charge in [-0.2, -0.15) is 16.9 Å². The molecule has 0 radical (unpaired) electrons. The van der Waals surface area contributed by atoms with Gasteiger partial charge in [-0.3, -0.25) is 0 Å². The Labute approximate surface area is 130 Å². The fourth-order valence-electron chi connectivity index (χ4n) is 2.58. The zero-order chi connectivity index (χ0) is 14.7. The third-order valence-electron chi connectivity index (χ3n) is 4.22. The first-order chi connectivity index (χ1) is 10.1. The molecule has 0 aliphatic carbocycles. The van der Waals surface area contributed by atoms with Gasteiger partial charge < -0.3 is 5.32 Å². The minimum Gasteiger partial charge on any atom is -0.381 e. The highest BCUT2D eigenvalue weighted by Gasteiger charge is 2.32. The van der Waals surface area contributed by atoms with Crippen LogP contribution in [-0.2, 0) is 6.54 Å². The van der Waals surface area contributed by atoms with Crippen molar-refractivity contribution in [2.45, 2.75) is 32.9 Å². The van der Waals surface area contributed by atoms with E-state index in [-0.39, 0.29) is 0 Å². The van der Waals surface area contributed by atoms with Crippen LogP contribution in [0.15, 0.2) is 36.9 Å². The van der Waals surface area contributed by atoms with Gasteiger partial charge in [0.1, 0.15) is 12.7 Å². The molecule has 1 N–H and O–H groups in total. The lowest BCUT2D eigenvalue weighted by Gasteiger charge is -2.39. The molecule has 4 nitrogen and oxygen atoms in total. The Morgan fingerprint density at radius 1 is 1.33 bits per heavy atom. The third kappa shape index (κ3) is 3.59. The molecule has 2 heterocycles. The zero-order valence-corrected chi connectivity index (χ0v) is 13.4. The Kier molecular flexibility index (Phi) is 4.19. The van der Waals surface area contributed by atoms with Crippen LogP contribution < -0.4 is 5.32 Å². The van der Waals surface area contributed by atoms with E-state index in [2.05, 4.69) is 53.5 Å². The lowest BCUT2D eigenvalue weighted by molar-refractivity contribution is 0.305. The maximum absolute atomic E-state index is 4.13. The minimum absolute atomic E-state index is 0.366. The highest BCUT2D eigenvalue weighted by Crippen LogP contribution is 2.35. The van der Waals surface area contributed by atoms with Crippen LogP contribution in [0.1, 0.15) is 25.8 Å². The number of rotatable bonds is 4. The van der Waals surface area contributed by atoms with Gasteiger partial charge in [-0.05, 0) is 35.3 Å². The third-order valence-corrected chi connectivity index (χ3v) is 5.29. The molecule has 1 unspecified atom stereocenters. The van der Waals surface area contributed by atoms with Crippen molar-refractivity contribution in [2.75, 3.05) is 16.8 Å². The standard InChI is InChI=1S/C16H22N4S/c1-16(2)7-8-21-10-15(16)19-14-5-3-13(4-6-14)9-20-12-17-11-18-20/h3-6,11-12,15,19H,7-10H2,1-2H3. The Morgan fingerprint density at radius 2 is 2.14 bits per heavy atom. The van der Waals surface area contributed by atoms with E-state index in [4.69, 9.17) is 0 Å². The van der Waals surface area contributed by atoms with Gasteiger partial charge in [0.15, 0.2) is 0 Å². The number of nitrogens with one attached hydrogen (secondary N) is 1. The van der Waals surface area contributed by atoms with Gasteiger partial charge in [-0.1, -0.05) is 26.0 Å². The molecule has 1 saturated heterocycles. The highest BCUT2D eigenvalue weighted by molar-refractivity contribution is 7.99. The van der Waals surface area contributed by atoms with Gasteiger partial charge in [0.2, 0.25) is 0 Å². The van der Waals surface area contributed by atoms with Crippen LogP contribution >= 0.6 is 11.8 Å². The summed E-state index contributed by atoms with van der Waals surface area (Å²) in [7, 11) is 0. The maximum atomic E-state index is 4.13. The molecule has 1 fully saturated rings. The van der Waals surface area contributed by atoms with Crippen molar-refractivity contribution >= 4 is 17.4 Å². The summed E-state index contributed by atoms with van der Waals surface area (Å²) in [6.45, 7) is 5.50. The van der Waals surface area contributed by atoms with Gasteiger partial charge in [-0.15, -0.1) is 0 Å². The second kappa shape index (κ2) is 6.10. The second-order valence-corrected chi connectivity index (χ2v) is 7.45. The van der Waals surface area contributed by atoms with E-state index in [1.165, 1.54) is 29.2 Å². The van der Waals surface area contributed by atoms with Crippen LogP contribution in [0, 0.1) is 5.41 Å². The summed E-state index contributed by atoms with van der Waals surface area (Å²) in [5, 5.41) is 7.84. The normalized spacial score (nSPS) is 21.1. The van der Waals surface area contributed by atoms with Crippen LogP contribution in [-0.4, -0.2) is 32.3 Å². The highest BCUT2D eigenvalue weighted by atomic mass is 32.2. The van der Waals surface area contributed by atoms with Crippen molar-refractivity contribution in [3.63, 3.8) is 0 Å². The Hall–Kier alpha value is -1.49. The van der Waals surface area contributed by atoms with Crippen molar-refractivity contribution < 1.29 is 0 Å². The quantitative estimate of drug-likeness (QED) is 0.941. The van der Waals surface area contributed by atoms with E-state index in [9.17, 15) is 0 Å². The molecule has 112 valence electrons. The van der Waals surface area contributed by atoms with Gasteiger partial charge >= 0.3 is 0 Å². The molecule has 0 bridgehead atoms. The van der Waals surface area contributed by atoms with E-state index >= 15 is 0 Å². The molecule has 1 atom stereocenters. The largest absolute Gasteiger partial charge is 0.381 e. The van der Waals surface area contributed by atoms with Crippen molar-refractivity contribution in [3.05, 3.63) is 42.5 Å². The molecule has 21 heavy (non-hydrogen) atoms. The summed E-state index contributed by atoms with van der Waals surface area (Å²) in [5.74, 6) is 2.47. The molecule has 0 amide bonds. The Morgan fingerprint density at radius 3 is 2.81 bits per heavy atom. The van der Waals surface area contributed by atoms with Crippen molar-refractivity contribution in [1.82, 2.24) is 14.8 Å². The lowest BCUT2D eigenvalue weighted by Crippen LogP contribution is -2.41. The van der Waals surface area contributed by atoms with Crippen LogP contribution in [0.5, 0.6) is 0 Å². The van der Waals surface area contributed by atoms with Crippen LogP contribution in [0.2, 0.25) is 0 Å². The SMILES string of the molecule is CC1(C)CCSCC1Nc1ccc(Cn2cncn2)cc1. The minimum atomic E-state index is 0.366. The summed E-state index contributed by atoms with van der Waals surface area (Å²) in [6, 6.07) is 9.20. The van der Waals surface area contributed by atoms with Gasteiger partial charge in [0, 0.05) is 17.5 Å². The predicted molar refractivity (Wildman–Crippen MR) is 88.7 cm³/mol. The molecule has 3 rings (SSSR count). The predicted octanol–water partition coefficient (Wildman–Crippen LogP) is 3.27. The fourth-order valence-corrected chi connectivity index (χ4v) is 4.19. The van der Waals surface area contributed by atoms with E-state index < -0.39 is 0 Å². The van der Waals surface area contributed by atoms with Crippen LogP contribution in [0.4, 0.5) is 5.69 Å². The molecular formula is C16H22N4S. The number of anilines is 1. The number of thioether (sulfide) groups is 1. The van der Waals surface area contributed by atoms with Crippen LogP contribution in [0.25, 0.3) is 0 Å². The van der Waals surface area contributed by atoms with E-state index in [0.29, 0.717) is 11.5 Å². The average molecular weight is 302 g/mol. The van der Waals surface area contributed by atoms with Gasteiger partial charge in [-0.25, -0.2) is 9.67 Å². The van der Waals surface area contributed by atoms with E-state index in [1.54, 1.807) is 12.7 Å². The van der Waals surface area contributed by atoms with Crippen molar-refractivity contribution in [1.29, 1.82) is 0 Å². The molecule has 1 aromatic heterocycles. The average Bonchev–Trinajstić information content (AvgIpc) is 2.96. The second-order valence-electron chi connectivity index (χ2n) is 6.30. The molecule has 0 saturated carbocycles. The van der Waals surface area contributed by atoms with Crippen molar-refractivity contribution in [3.8, 4) is 0 Å². The van der Waals surface area contributed by atoms with Crippen molar-refractivity contribution in [2.24, 2.45) is 5.41 Å². The first-order valence-corrected chi connectivity index (χ1v) is 8.55. The molecule has 0 spiro atoms. The monoisotopic (exact) mass is 302 g/mol. The zero-order valence-electron chi connectivity index (χ0n) is 12.6. The molecular weight excluding hydrogens is 280 g/mol. The smallest absolute Gasteiger partial charge is 0.137 e. The number of hydrogen-bond acceptors (Lipinski definition) is 4. The van der Waals surface area contributed by atoms with E-state index in [1.807, 2.05) is 16.4 Å². The molecule has 1 aliphatic rings. The number of hydrogen-bond donors (Lipinski definition) is 1. The lowest BCUT2D eigenvalue weighted by atomic mass is 9.82. The Balaban J connectivity index is 1.64. The van der Waals surface area contributed by atoms with Gasteiger partial charge in [0.25, 0.3) is 0 Å². The number of benzene rings is 1. The fraction of sp³-hybridized carbons (Fsp3) is 0.500. The summed E-state index contributed by atoms with van der Waals surface area (Å²) in [5.41, 5.74) is 2.81. The maximum Gasteiger partial charge on any atom is 0.137 e.